The fourth-order valence-electron chi connectivity index (χ4n) is 0.267. The van der Waals surface area contributed by atoms with Crippen LogP contribution < -0.4 is 57.1 Å². The summed E-state index contributed by atoms with van der Waals surface area (Å²) in [5.74, 6) is 0.575. The van der Waals surface area contributed by atoms with Gasteiger partial charge in [-0.2, -0.15) is 0 Å². The maximum Gasteiger partial charge on any atom is 1.00 e. The number of primary amides is 1. The van der Waals surface area contributed by atoms with Gasteiger partial charge in [0.1, 0.15) is 6.61 Å². The van der Waals surface area contributed by atoms with Crippen LogP contribution in [0.15, 0.2) is 0 Å². The smallest absolute Gasteiger partial charge is 0.449 e. The second kappa shape index (κ2) is 9.65. The first-order valence-corrected chi connectivity index (χ1v) is 4.19. The molecule has 0 aromatic heterocycles. The third-order valence-electron chi connectivity index (χ3n) is 0.548. The van der Waals surface area contributed by atoms with Gasteiger partial charge in [0.05, 0.1) is 0 Å². The van der Waals surface area contributed by atoms with Crippen molar-refractivity contribution in [2.45, 2.75) is 0 Å². The number of carbonyl (C=O) groups excluding carboxylic acids is 1. The minimum absolute atomic E-state index is 0. The SMILES string of the molecule is NC(=O)OCCSC(=S)[S-].[K+]. The van der Waals surface area contributed by atoms with Gasteiger partial charge < -0.3 is 35.3 Å². The minimum Gasteiger partial charge on any atom is -0.449 e. The van der Waals surface area contributed by atoms with Crippen molar-refractivity contribution in [3.63, 3.8) is 0 Å². The van der Waals surface area contributed by atoms with Crippen molar-refractivity contribution in [3.8, 4) is 0 Å². The molecule has 0 aliphatic carbocycles. The molecule has 0 saturated heterocycles. The Morgan fingerprint density at radius 2 is 2.27 bits per heavy atom. The van der Waals surface area contributed by atoms with E-state index in [2.05, 4.69) is 35.3 Å². The van der Waals surface area contributed by atoms with Crippen LogP contribution in [0, 0.1) is 0 Å². The average Bonchev–Trinajstić information content (AvgIpc) is 1.79. The first-order chi connectivity index (χ1) is 4.63. The molecule has 0 heterocycles. The second-order valence-corrected chi connectivity index (χ2v) is 3.96. The van der Waals surface area contributed by atoms with E-state index < -0.39 is 6.09 Å². The summed E-state index contributed by atoms with van der Waals surface area (Å²) in [5, 5.41) is 0. The third kappa shape index (κ3) is 14.4. The Labute approximate surface area is 123 Å². The normalized spacial score (nSPS) is 8.00. The number of carbonyl (C=O) groups is 1. The van der Waals surface area contributed by atoms with Crippen LogP contribution in [-0.2, 0) is 17.4 Å². The molecule has 0 aromatic rings. The van der Waals surface area contributed by atoms with Crippen LogP contribution in [0.2, 0.25) is 0 Å². The number of hydrogen-bond donors (Lipinski definition) is 1. The molecule has 1 amide bonds. The van der Waals surface area contributed by atoms with Crippen LogP contribution in [0.4, 0.5) is 4.79 Å². The molecule has 0 aliphatic rings. The Kier molecular flexibility index (Phi) is 13.2. The van der Waals surface area contributed by atoms with Crippen LogP contribution in [0.3, 0.4) is 0 Å². The molecule has 58 valence electrons. The van der Waals surface area contributed by atoms with E-state index in [-0.39, 0.29) is 58.0 Å². The van der Waals surface area contributed by atoms with E-state index in [0.29, 0.717) is 9.28 Å². The summed E-state index contributed by atoms with van der Waals surface area (Å²) in [6.45, 7) is 0.261. The van der Waals surface area contributed by atoms with Crippen LogP contribution >= 0.6 is 24.0 Å². The maximum absolute atomic E-state index is 9.98. The Hall–Kier alpha value is 1.57. The number of amides is 1. The molecule has 0 atom stereocenters. The monoisotopic (exact) mass is 235 g/mol. The first-order valence-electron chi connectivity index (χ1n) is 2.39. The Morgan fingerprint density at radius 1 is 1.73 bits per heavy atom. The molecule has 7 heteroatoms. The zero-order valence-corrected chi connectivity index (χ0v) is 11.6. The molecular formula is C4H6KNO2S3. The van der Waals surface area contributed by atoms with Gasteiger partial charge in [0.2, 0.25) is 0 Å². The molecule has 2 N–H and O–H groups in total. The van der Waals surface area contributed by atoms with Gasteiger partial charge in [0.15, 0.2) is 0 Å². The van der Waals surface area contributed by atoms with Crippen LogP contribution in [0.25, 0.3) is 0 Å². The summed E-state index contributed by atoms with van der Waals surface area (Å²) in [7, 11) is 0. The number of nitrogens with two attached hydrogens (primary N) is 1. The predicted octanol–water partition coefficient (Wildman–Crippen LogP) is -2.35. The van der Waals surface area contributed by atoms with E-state index in [1.165, 1.54) is 11.8 Å². The zero-order chi connectivity index (χ0) is 7.98. The topological polar surface area (TPSA) is 52.3 Å². The zero-order valence-electron chi connectivity index (χ0n) is 6.03. The van der Waals surface area contributed by atoms with Crippen molar-refractivity contribution in [3.05, 3.63) is 0 Å². The summed E-state index contributed by atoms with van der Waals surface area (Å²) in [5.41, 5.74) is 4.68. The number of ether oxygens (including phenoxy) is 1. The number of hydrogen-bond acceptors (Lipinski definition) is 5. The molecule has 0 radical (unpaired) electrons. The van der Waals surface area contributed by atoms with Gasteiger partial charge >= 0.3 is 57.5 Å². The van der Waals surface area contributed by atoms with E-state index in [0.717, 1.165) is 0 Å². The maximum atomic E-state index is 9.98. The van der Waals surface area contributed by atoms with Gasteiger partial charge in [-0.1, -0.05) is 3.53 Å². The van der Waals surface area contributed by atoms with Gasteiger partial charge in [-0.05, 0) is 0 Å². The summed E-state index contributed by atoms with van der Waals surface area (Å²) >= 11 is 10.4. The molecule has 0 aliphatic heterocycles. The molecule has 0 bridgehead atoms. The van der Waals surface area contributed by atoms with E-state index in [1.807, 2.05) is 0 Å². The number of rotatable bonds is 3. The molecule has 0 spiro atoms. The summed E-state index contributed by atoms with van der Waals surface area (Å²) in [6, 6.07) is 0. The number of thiocarbonyl (C=S) groups is 1. The molecule has 0 fully saturated rings. The van der Waals surface area contributed by atoms with Crippen molar-refractivity contribution in [1.82, 2.24) is 0 Å². The summed E-state index contributed by atoms with van der Waals surface area (Å²) < 4.78 is 4.83. The molecule has 0 saturated carbocycles. The van der Waals surface area contributed by atoms with E-state index >= 15 is 0 Å². The molecule has 3 nitrogen and oxygen atoms in total. The van der Waals surface area contributed by atoms with Crippen molar-refractivity contribution in [2.75, 3.05) is 12.4 Å². The molecule has 0 aromatic carbocycles. The largest absolute Gasteiger partial charge is 1.00 e. The van der Waals surface area contributed by atoms with E-state index in [9.17, 15) is 4.79 Å². The van der Waals surface area contributed by atoms with Crippen molar-refractivity contribution in [1.29, 1.82) is 0 Å². The Bertz CT molecular complexity index is 127. The summed E-state index contributed by atoms with van der Waals surface area (Å²) in [4.78, 5) is 9.98. The summed E-state index contributed by atoms with van der Waals surface area (Å²) in [6.07, 6.45) is -0.768. The standard InChI is InChI=1S/C4H7NO2S3.K/c5-3(6)7-1-2-10-4(8)9;/h1-2H2,(H2,5,6)(H,8,9);/q;+1/p-1. The van der Waals surface area contributed by atoms with Gasteiger partial charge in [0, 0.05) is 5.75 Å². The molecule has 0 rings (SSSR count). The fourth-order valence-corrected chi connectivity index (χ4v) is 1.10. The molecule has 11 heavy (non-hydrogen) atoms. The average molecular weight is 235 g/mol. The van der Waals surface area contributed by atoms with Crippen molar-refractivity contribution in [2.24, 2.45) is 5.73 Å². The van der Waals surface area contributed by atoms with Gasteiger partial charge in [-0.15, -0.1) is 11.8 Å². The van der Waals surface area contributed by atoms with Crippen LogP contribution in [-0.4, -0.2) is 22.0 Å². The predicted molar refractivity (Wildman–Crippen MR) is 48.0 cm³/mol. The van der Waals surface area contributed by atoms with Gasteiger partial charge in [0.25, 0.3) is 0 Å². The molecular weight excluding hydrogens is 229 g/mol. The Morgan fingerprint density at radius 3 is 2.64 bits per heavy atom. The minimum atomic E-state index is -0.768. The fraction of sp³-hybridized carbons (Fsp3) is 0.500. The second-order valence-electron chi connectivity index (χ2n) is 1.27. The van der Waals surface area contributed by atoms with E-state index in [1.54, 1.807) is 0 Å². The van der Waals surface area contributed by atoms with E-state index in [4.69, 9.17) is 0 Å². The van der Waals surface area contributed by atoms with Gasteiger partial charge in [-0.25, -0.2) is 4.79 Å². The van der Waals surface area contributed by atoms with Crippen LogP contribution in [0.1, 0.15) is 0 Å². The first kappa shape index (κ1) is 15.1. The quantitative estimate of drug-likeness (QED) is 0.257. The Balaban J connectivity index is 0. The third-order valence-corrected chi connectivity index (χ3v) is 1.86. The van der Waals surface area contributed by atoms with Gasteiger partial charge in [-0.3, -0.25) is 0 Å². The van der Waals surface area contributed by atoms with Crippen molar-refractivity contribution >= 4 is 46.2 Å². The molecule has 0 unspecified atom stereocenters. The van der Waals surface area contributed by atoms with Crippen molar-refractivity contribution < 1.29 is 60.9 Å². The van der Waals surface area contributed by atoms with Crippen LogP contribution in [0.5, 0.6) is 0 Å². The number of thioether (sulfide) groups is 1.